The molecule has 25 heteroatoms. The molecule has 0 aliphatic carbocycles. The molecule has 7 rings (SSSR count). The summed E-state index contributed by atoms with van der Waals surface area (Å²) in [5.74, 6) is -8.39. The highest BCUT2D eigenvalue weighted by molar-refractivity contribution is 6.31. The summed E-state index contributed by atoms with van der Waals surface area (Å²) in [7, 11) is 0. The van der Waals surface area contributed by atoms with Crippen LogP contribution in [0.2, 0.25) is 5.02 Å². The number of hydrogen-bond donors (Lipinski definition) is 0. The number of hydrogen-bond acceptors (Lipinski definition) is 17. The van der Waals surface area contributed by atoms with E-state index >= 15 is 0 Å². The monoisotopic (exact) mass is 1180 g/mol. The maximum atomic E-state index is 14.5. The second kappa shape index (κ2) is 32.8. The number of amides is 2. The molecule has 82 heavy (non-hydrogen) atoms. The second-order valence-corrected chi connectivity index (χ2v) is 21.4. The number of nitrogens with zero attached hydrogens (tertiary/aromatic N) is 7. The van der Waals surface area contributed by atoms with Crippen LogP contribution in [-0.2, 0) is 70.7 Å². The first-order valence-electron chi connectivity index (χ1n) is 28.1. The van der Waals surface area contributed by atoms with E-state index in [1.807, 2.05) is 54.8 Å². The minimum atomic E-state index is -1.75. The van der Waals surface area contributed by atoms with Gasteiger partial charge in [-0.05, 0) is 70.7 Å². The predicted octanol–water partition coefficient (Wildman–Crippen LogP) is 6.98. The quantitative estimate of drug-likeness (QED) is 0.0151. The third kappa shape index (κ3) is 19.2. The number of ether oxygens (including phenoxy) is 10. The van der Waals surface area contributed by atoms with E-state index in [1.54, 1.807) is 17.3 Å². The Morgan fingerprint density at radius 1 is 0.646 bits per heavy atom. The number of esters is 1. The van der Waals surface area contributed by atoms with Crippen LogP contribution < -0.4 is 9.64 Å². The molecule has 454 valence electrons. The number of likely N-dealkylation sites (tertiary alicyclic amines) is 1. The van der Waals surface area contributed by atoms with Crippen LogP contribution in [0.25, 0.3) is 11.0 Å². The molecular formula is C57H78ClF4N7O13. The average Bonchev–Trinajstić information content (AvgIpc) is 2.15. The highest BCUT2D eigenvalue weighted by Gasteiger charge is 2.53. The van der Waals surface area contributed by atoms with Gasteiger partial charge in [0.1, 0.15) is 11.4 Å². The van der Waals surface area contributed by atoms with Crippen molar-refractivity contribution in [2.45, 2.75) is 77.0 Å². The molecule has 3 aliphatic rings. The highest BCUT2D eigenvalue weighted by Crippen LogP contribution is 2.48. The number of piperazine rings is 1. The number of benzene rings is 2. The first-order valence-corrected chi connectivity index (χ1v) is 28.5. The van der Waals surface area contributed by atoms with Gasteiger partial charge in [0.15, 0.2) is 11.6 Å². The van der Waals surface area contributed by atoms with E-state index in [9.17, 15) is 31.9 Å². The molecule has 3 aliphatic heterocycles. The van der Waals surface area contributed by atoms with Crippen LogP contribution in [0.3, 0.4) is 0 Å². The fraction of sp³-hybridized carbons (Fsp3) is 0.632. The minimum Gasteiger partial charge on any atom is -0.444 e. The topological polar surface area (TPSA) is 187 Å². The molecule has 1 spiro atoms. The Morgan fingerprint density at radius 3 is 1.72 bits per heavy atom. The standard InChI is InChI=1S/C57H78ClF4N7O13/c1-56(2,3)82-55(72)67-15-10-57(11-16-67)43-40-63-12-8-47(43)69(54(57)71)41-49-64-46-38-42(58)6-7-48(46)68(49)13-4-5-22-73-24-26-75-28-30-77-32-34-79-36-37-80-35-33-78-31-29-76-27-25-74-23-21-66-19-17-65(18-20-66)14-9-50(70)81-53-51(61)44(59)39-45(60)52(53)62/h6-8,12,38-40H,4-5,9-11,13-37,41H2,1-3H3. The van der Waals surface area contributed by atoms with E-state index in [0.29, 0.717) is 156 Å². The van der Waals surface area contributed by atoms with Crippen molar-refractivity contribution >= 4 is 46.3 Å². The fourth-order valence-electron chi connectivity index (χ4n) is 9.78. The second-order valence-electron chi connectivity index (χ2n) is 21.0. The smallest absolute Gasteiger partial charge is 0.410 e. The predicted molar refractivity (Wildman–Crippen MR) is 294 cm³/mol. The number of carbonyl (C=O) groups is 3. The SMILES string of the molecule is CC(C)(C)OC(=O)N1CCC2(CC1)C(=O)N(Cc1nc3cc(Cl)ccc3n1CCCCOCCOCCOCCOCCOCCOCCOCCOCCN1CCN(CCC(=O)Oc3c(F)c(F)cc(F)c3F)CC1)c1ccncc12. The summed E-state index contributed by atoms with van der Waals surface area (Å²) in [6.07, 6.45) is 5.52. The molecule has 5 heterocycles. The zero-order valence-electron chi connectivity index (χ0n) is 47.3. The molecule has 20 nitrogen and oxygen atoms in total. The molecule has 2 aromatic heterocycles. The van der Waals surface area contributed by atoms with Crippen molar-refractivity contribution in [1.29, 1.82) is 0 Å². The summed E-state index contributed by atoms with van der Waals surface area (Å²) in [6.45, 7) is 18.4. The fourth-order valence-corrected chi connectivity index (χ4v) is 9.94. The number of halogens is 5. The van der Waals surface area contributed by atoms with Gasteiger partial charge in [0.2, 0.25) is 23.3 Å². The Labute approximate surface area is 481 Å². The number of anilines is 1. The van der Waals surface area contributed by atoms with E-state index < -0.39 is 46.0 Å². The van der Waals surface area contributed by atoms with Gasteiger partial charge in [-0.25, -0.2) is 18.6 Å². The summed E-state index contributed by atoms with van der Waals surface area (Å²) in [4.78, 5) is 56.6. The number of piperidine rings is 1. The molecule has 2 amide bonds. The molecule has 2 saturated heterocycles. The lowest BCUT2D eigenvalue weighted by molar-refractivity contribution is -0.135. The molecular weight excluding hydrogens is 1100 g/mol. The van der Waals surface area contributed by atoms with Gasteiger partial charge < -0.3 is 66.6 Å². The van der Waals surface area contributed by atoms with E-state index in [4.69, 9.17) is 59.2 Å². The summed E-state index contributed by atoms with van der Waals surface area (Å²) in [5.41, 5.74) is 2.01. The van der Waals surface area contributed by atoms with Crippen molar-refractivity contribution in [1.82, 2.24) is 29.2 Å². The lowest BCUT2D eigenvalue weighted by Crippen LogP contribution is -2.51. The molecule has 0 unspecified atom stereocenters. The van der Waals surface area contributed by atoms with Gasteiger partial charge in [-0.15, -0.1) is 0 Å². The van der Waals surface area contributed by atoms with E-state index in [2.05, 4.69) is 19.2 Å². The van der Waals surface area contributed by atoms with Crippen LogP contribution in [0.15, 0.2) is 42.7 Å². The first-order chi connectivity index (χ1) is 39.6. The molecule has 0 bridgehead atoms. The molecule has 0 saturated carbocycles. The lowest BCUT2D eigenvalue weighted by atomic mass is 9.74. The number of pyridine rings is 1. The number of unbranched alkanes of at least 4 members (excludes halogenated alkanes) is 1. The number of carbonyl (C=O) groups excluding carboxylic acids is 3. The zero-order valence-corrected chi connectivity index (χ0v) is 48.0. The molecule has 2 fully saturated rings. The van der Waals surface area contributed by atoms with Gasteiger partial charge in [-0.2, -0.15) is 8.78 Å². The summed E-state index contributed by atoms with van der Waals surface area (Å²) < 4.78 is 112. The molecule has 4 aromatic rings. The Kier molecular flexibility index (Phi) is 25.8. The van der Waals surface area contributed by atoms with Crippen LogP contribution in [0.5, 0.6) is 5.75 Å². The molecule has 2 aromatic carbocycles. The van der Waals surface area contributed by atoms with E-state index in [-0.39, 0.29) is 37.6 Å². The Morgan fingerprint density at radius 2 is 1.17 bits per heavy atom. The number of fused-ring (bicyclic) bond motifs is 3. The van der Waals surface area contributed by atoms with Crippen molar-refractivity contribution in [2.75, 3.05) is 163 Å². The van der Waals surface area contributed by atoms with Gasteiger partial charge in [0.25, 0.3) is 0 Å². The molecule has 0 atom stereocenters. The van der Waals surface area contributed by atoms with Crippen molar-refractivity contribution in [3.63, 3.8) is 0 Å². The lowest BCUT2D eigenvalue weighted by Gasteiger charge is -2.38. The number of aromatic nitrogens is 3. The van der Waals surface area contributed by atoms with Gasteiger partial charge in [0, 0.05) is 94.6 Å². The first kappa shape index (κ1) is 64.4. The van der Waals surface area contributed by atoms with Crippen LogP contribution in [0.1, 0.15) is 64.3 Å². The number of rotatable bonds is 35. The maximum Gasteiger partial charge on any atom is 0.410 e. The van der Waals surface area contributed by atoms with Crippen molar-refractivity contribution in [3.05, 3.63) is 82.4 Å². The van der Waals surface area contributed by atoms with E-state index in [1.165, 1.54) is 0 Å². The normalized spacial score (nSPS) is 15.8. The average molecular weight is 1180 g/mol. The zero-order chi connectivity index (χ0) is 58.3. The summed E-state index contributed by atoms with van der Waals surface area (Å²) in [6, 6.07) is 7.62. The molecule has 0 N–H and O–H groups in total. The number of aryl methyl sites for hydroxylation is 1. The van der Waals surface area contributed by atoms with E-state index in [0.717, 1.165) is 60.6 Å². The minimum absolute atomic E-state index is 0.00777. The van der Waals surface area contributed by atoms with Gasteiger partial charge in [-0.3, -0.25) is 19.5 Å². The van der Waals surface area contributed by atoms with Gasteiger partial charge in [0.05, 0.1) is 134 Å². The van der Waals surface area contributed by atoms with Crippen molar-refractivity contribution in [3.8, 4) is 5.75 Å². The summed E-state index contributed by atoms with van der Waals surface area (Å²) in [5, 5.41) is 0.587. The Balaban J connectivity index is 0.628. The van der Waals surface area contributed by atoms with Crippen LogP contribution in [-0.4, -0.2) is 211 Å². The Bertz CT molecular complexity index is 2630. The number of imidazole rings is 1. The van der Waals surface area contributed by atoms with Crippen molar-refractivity contribution < 1.29 is 79.3 Å². The van der Waals surface area contributed by atoms with Crippen LogP contribution in [0, 0.1) is 23.3 Å². The van der Waals surface area contributed by atoms with Crippen LogP contribution in [0.4, 0.5) is 28.0 Å². The largest absolute Gasteiger partial charge is 0.444 e. The maximum absolute atomic E-state index is 14.5. The van der Waals surface area contributed by atoms with Gasteiger partial charge in [-0.1, -0.05) is 11.6 Å². The molecule has 0 radical (unpaired) electrons. The third-order valence-electron chi connectivity index (χ3n) is 14.1. The van der Waals surface area contributed by atoms with Gasteiger partial charge >= 0.3 is 12.1 Å². The Hall–Kier alpha value is -5.12. The van der Waals surface area contributed by atoms with Crippen molar-refractivity contribution in [2.24, 2.45) is 0 Å². The highest BCUT2D eigenvalue weighted by atomic mass is 35.5. The van der Waals surface area contributed by atoms with Crippen LogP contribution >= 0.6 is 11.6 Å². The summed E-state index contributed by atoms with van der Waals surface area (Å²) >= 11 is 6.40. The third-order valence-corrected chi connectivity index (χ3v) is 14.3.